The van der Waals surface area contributed by atoms with Crippen LogP contribution in [0, 0.1) is 0 Å². The predicted molar refractivity (Wildman–Crippen MR) is 126 cm³/mol. The van der Waals surface area contributed by atoms with E-state index in [4.69, 9.17) is 4.43 Å². The molecule has 28 heavy (non-hydrogen) atoms. The summed E-state index contributed by atoms with van der Waals surface area (Å²) in [7, 11) is -1.67. The normalized spacial score (nSPS) is 14.2. The van der Waals surface area contributed by atoms with Gasteiger partial charge in [0.2, 0.25) is 0 Å². The van der Waals surface area contributed by atoms with Crippen molar-refractivity contribution in [3.63, 3.8) is 0 Å². The Bertz CT molecular complexity index is 725. The Balaban J connectivity index is 2.45. The molecule has 0 saturated heterocycles. The van der Waals surface area contributed by atoms with Crippen LogP contribution < -0.4 is 0 Å². The Morgan fingerprint density at radius 2 is 1.29 bits per heavy atom. The van der Waals surface area contributed by atoms with Crippen molar-refractivity contribution in [2.45, 2.75) is 91.0 Å². The van der Waals surface area contributed by atoms with Crippen LogP contribution in [0.15, 0.2) is 48.5 Å². The van der Waals surface area contributed by atoms with Crippen LogP contribution in [0.5, 0.6) is 0 Å². The molecule has 0 aromatic heterocycles. The lowest BCUT2D eigenvalue weighted by Crippen LogP contribution is -2.29. The van der Waals surface area contributed by atoms with Crippen molar-refractivity contribution >= 4 is 8.32 Å². The largest absolute Gasteiger partial charge is 0.411 e. The van der Waals surface area contributed by atoms with Gasteiger partial charge in [-0.3, -0.25) is 0 Å². The molecule has 0 spiro atoms. The van der Waals surface area contributed by atoms with Gasteiger partial charge in [-0.15, -0.1) is 0 Å². The van der Waals surface area contributed by atoms with Crippen molar-refractivity contribution < 1.29 is 4.43 Å². The van der Waals surface area contributed by atoms with E-state index in [1.165, 1.54) is 22.3 Å². The molecule has 0 bridgehead atoms. The van der Waals surface area contributed by atoms with Crippen molar-refractivity contribution in [3.8, 4) is 0 Å². The third-order valence-corrected chi connectivity index (χ3v) is 6.08. The smallest absolute Gasteiger partial charge is 0.184 e. The highest BCUT2D eigenvalue weighted by Crippen LogP contribution is 2.35. The lowest BCUT2D eigenvalue weighted by Gasteiger charge is -2.31. The molecular weight excluding hydrogens is 356 g/mol. The van der Waals surface area contributed by atoms with E-state index >= 15 is 0 Å². The SMILES string of the molecule is CC(C)(C)c1cc(C(CCc2ccccc2)O[Si](C)(C)C)cc(C(C)(C)C)c1. The first-order valence-electron chi connectivity index (χ1n) is 10.6. The third-order valence-electron chi connectivity index (χ3n) is 5.09. The molecule has 2 heteroatoms. The molecule has 1 unspecified atom stereocenters. The summed E-state index contributed by atoms with van der Waals surface area (Å²) in [6, 6.07) is 18.0. The zero-order chi connectivity index (χ0) is 21.2. The van der Waals surface area contributed by atoms with Gasteiger partial charge >= 0.3 is 0 Å². The zero-order valence-corrected chi connectivity index (χ0v) is 20.5. The van der Waals surface area contributed by atoms with E-state index in [2.05, 4.69) is 110 Å². The van der Waals surface area contributed by atoms with E-state index in [1.807, 2.05) is 0 Å². The summed E-state index contributed by atoms with van der Waals surface area (Å²) >= 11 is 0. The summed E-state index contributed by atoms with van der Waals surface area (Å²) in [6.07, 6.45) is 2.21. The molecule has 2 aromatic rings. The number of rotatable bonds is 6. The maximum Gasteiger partial charge on any atom is 0.184 e. The Labute approximate surface area is 174 Å². The van der Waals surface area contributed by atoms with Crippen molar-refractivity contribution in [1.82, 2.24) is 0 Å². The first kappa shape index (κ1) is 22.9. The maximum atomic E-state index is 6.72. The molecule has 0 heterocycles. The molecule has 154 valence electrons. The second-order valence-corrected chi connectivity index (χ2v) is 15.5. The maximum absolute atomic E-state index is 6.72. The fourth-order valence-corrected chi connectivity index (χ4v) is 4.47. The highest BCUT2D eigenvalue weighted by molar-refractivity contribution is 6.69. The van der Waals surface area contributed by atoms with Crippen LogP contribution >= 0.6 is 0 Å². The molecule has 0 radical (unpaired) electrons. The summed E-state index contributed by atoms with van der Waals surface area (Å²) < 4.78 is 6.72. The van der Waals surface area contributed by atoms with Gasteiger partial charge in [0.05, 0.1) is 6.10 Å². The molecule has 1 atom stereocenters. The van der Waals surface area contributed by atoms with Gasteiger partial charge in [-0.1, -0.05) is 90.1 Å². The topological polar surface area (TPSA) is 9.23 Å². The van der Waals surface area contributed by atoms with E-state index in [9.17, 15) is 0 Å². The molecule has 0 N–H and O–H groups in total. The van der Waals surface area contributed by atoms with E-state index in [1.54, 1.807) is 0 Å². The highest BCUT2D eigenvalue weighted by atomic mass is 28.4. The molecule has 2 rings (SSSR count). The fraction of sp³-hybridized carbons (Fsp3) is 0.538. The van der Waals surface area contributed by atoms with Crippen molar-refractivity contribution in [1.29, 1.82) is 0 Å². The average Bonchev–Trinajstić information content (AvgIpc) is 2.56. The monoisotopic (exact) mass is 396 g/mol. The van der Waals surface area contributed by atoms with Crippen molar-refractivity contribution in [2.24, 2.45) is 0 Å². The summed E-state index contributed by atoms with van der Waals surface area (Å²) in [6.45, 7) is 20.7. The molecule has 2 aromatic carbocycles. The minimum atomic E-state index is -1.67. The summed E-state index contributed by atoms with van der Waals surface area (Å²) in [4.78, 5) is 0. The Kier molecular flexibility index (Phi) is 6.99. The number of hydrogen-bond donors (Lipinski definition) is 0. The molecule has 0 aliphatic carbocycles. The van der Waals surface area contributed by atoms with Gasteiger partial charge in [-0.2, -0.15) is 0 Å². The van der Waals surface area contributed by atoms with Gasteiger partial charge in [-0.25, -0.2) is 0 Å². The minimum Gasteiger partial charge on any atom is -0.411 e. The van der Waals surface area contributed by atoms with Crippen LogP contribution in [0.4, 0.5) is 0 Å². The molecule has 0 aliphatic heterocycles. The first-order valence-corrected chi connectivity index (χ1v) is 14.0. The fourth-order valence-electron chi connectivity index (χ4n) is 3.37. The van der Waals surface area contributed by atoms with E-state index in [0.717, 1.165) is 12.8 Å². The van der Waals surface area contributed by atoms with Crippen molar-refractivity contribution in [3.05, 3.63) is 70.8 Å². The summed E-state index contributed by atoms with van der Waals surface area (Å²) in [5.74, 6) is 0. The quantitative estimate of drug-likeness (QED) is 0.452. The van der Waals surface area contributed by atoms with Gasteiger partial charge in [0.15, 0.2) is 8.32 Å². The third kappa shape index (κ3) is 6.90. The Hall–Kier alpha value is -1.38. The molecule has 0 amide bonds. The molecule has 0 aliphatic rings. The standard InChI is InChI=1S/C26H40OSi/c1-25(2,3)22-17-21(18-23(19-22)26(4,5)6)24(27-28(7,8)9)16-15-20-13-11-10-12-14-20/h10-14,17-19,24H,15-16H2,1-9H3. The molecular formula is C26H40OSi. The Morgan fingerprint density at radius 3 is 1.71 bits per heavy atom. The van der Waals surface area contributed by atoms with E-state index < -0.39 is 8.32 Å². The summed E-state index contributed by atoms with van der Waals surface area (Å²) in [5, 5.41) is 0. The van der Waals surface area contributed by atoms with Gasteiger partial charge < -0.3 is 4.43 Å². The van der Waals surface area contributed by atoms with Crippen LogP contribution in [0.25, 0.3) is 0 Å². The van der Waals surface area contributed by atoms with Gasteiger partial charge in [0.25, 0.3) is 0 Å². The highest BCUT2D eigenvalue weighted by Gasteiger charge is 2.26. The van der Waals surface area contributed by atoms with Crippen LogP contribution in [0.1, 0.15) is 76.3 Å². The lowest BCUT2D eigenvalue weighted by atomic mass is 9.79. The minimum absolute atomic E-state index is 0.124. The van der Waals surface area contributed by atoms with E-state index in [0.29, 0.717) is 0 Å². The van der Waals surface area contributed by atoms with Gasteiger partial charge in [0, 0.05) is 0 Å². The molecule has 0 saturated carbocycles. The second kappa shape index (κ2) is 8.55. The van der Waals surface area contributed by atoms with Crippen LogP contribution in [0.2, 0.25) is 19.6 Å². The zero-order valence-electron chi connectivity index (χ0n) is 19.5. The number of benzene rings is 2. The Morgan fingerprint density at radius 1 is 0.786 bits per heavy atom. The summed E-state index contributed by atoms with van der Waals surface area (Å²) in [5.41, 5.74) is 5.78. The van der Waals surface area contributed by atoms with Crippen molar-refractivity contribution in [2.75, 3.05) is 0 Å². The van der Waals surface area contributed by atoms with Crippen LogP contribution in [-0.2, 0) is 21.7 Å². The predicted octanol–water partition coefficient (Wildman–Crippen LogP) is 7.81. The van der Waals surface area contributed by atoms with Gasteiger partial charge in [0.1, 0.15) is 0 Å². The lowest BCUT2D eigenvalue weighted by molar-refractivity contribution is 0.187. The van der Waals surface area contributed by atoms with Gasteiger partial charge in [-0.05, 0) is 65.6 Å². The second-order valence-electron chi connectivity index (χ2n) is 11.1. The molecule has 1 nitrogen and oxygen atoms in total. The first-order chi connectivity index (χ1) is 12.8. The molecule has 0 fully saturated rings. The average molecular weight is 397 g/mol. The number of hydrogen-bond acceptors (Lipinski definition) is 1. The number of aryl methyl sites for hydroxylation is 1. The van der Waals surface area contributed by atoms with Crippen LogP contribution in [-0.4, -0.2) is 8.32 Å². The van der Waals surface area contributed by atoms with Crippen LogP contribution in [0.3, 0.4) is 0 Å². The van der Waals surface area contributed by atoms with E-state index in [-0.39, 0.29) is 16.9 Å².